The monoisotopic (exact) mass is 328 g/mol. The van der Waals surface area contributed by atoms with Crippen molar-refractivity contribution in [2.45, 2.75) is 26.3 Å². The maximum Gasteiger partial charge on any atom is 0.237 e. The van der Waals surface area contributed by atoms with E-state index >= 15 is 0 Å². The van der Waals surface area contributed by atoms with Gasteiger partial charge in [0.1, 0.15) is 0 Å². The van der Waals surface area contributed by atoms with Crippen LogP contribution in [0.3, 0.4) is 0 Å². The number of nitrogens with zero attached hydrogens (tertiary/aromatic N) is 1. The number of fused-ring (bicyclic) bond motifs is 1. The minimum Gasteiger partial charge on any atom is -0.330 e. The molecule has 0 radical (unpaired) electrons. The van der Waals surface area contributed by atoms with Gasteiger partial charge in [0.15, 0.2) is 0 Å². The van der Waals surface area contributed by atoms with Crippen LogP contribution in [0.25, 0.3) is 0 Å². The van der Waals surface area contributed by atoms with Crippen LogP contribution in [0, 0.1) is 5.92 Å². The minimum atomic E-state index is 0.0551. The molecule has 2 heterocycles. The van der Waals surface area contributed by atoms with Gasteiger partial charge >= 0.3 is 0 Å². The number of benzene rings is 1. The van der Waals surface area contributed by atoms with Gasteiger partial charge in [-0.15, -0.1) is 11.3 Å². The van der Waals surface area contributed by atoms with Crippen LogP contribution >= 0.6 is 11.3 Å². The Morgan fingerprint density at radius 1 is 1.30 bits per heavy atom. The Morgan fingerprint density at radius 2 is 2.09 bits per heavy atom. The van der Waals surface area contributed by atoms with Gasteiger partial charge < -0.3 is 10.2 Å². The summed E-state index contributed by atoms with van der Waals surface area (Å²) in [5, 5.41) is 5.43. The van der Waals surface area contributed by atoms with Crippen molar-refractivity contribution in [3.05, 3.63) is 57.8 Å². The van der Waals surface area contributed by atoms with E-state index in [4.69, 9.17) is 0 Å². The van der Waals surface area contributed by atoms with E-state index in [0.29, 0.717) is 12.5 Å². The predicted octanol–water partition coefficient (Wildman–Crippen LogP) is 3.47. The fourth-order valence-electron chi connectivity index (χ4n) is 3.15. The summed E-state index contributed by atoms with van der Waals surface area (Å²) in [6.07, 6.45) is 0.965. The molecule has 0 fully saturated rings. The normalized spacial score (nSPS) is 17.3. The van der Waals surface area contributed by atoms with E-state index in [1.165, 1.54) is 16.0 Å². The lowest BCUT2D eigenvalue weighted by molar-refractivity contribution is -0.132. The van der Waals surface area contributed by atoms with Crippen molar-refractivity contribution in [2.24, 2.45) is 5.92 Å². The lowest BCUT2D eigenvalue weighted by Crippen LogP contribution is -2.44. The highest BCUT2D eigenvalue weighted by molar-refractivity contribution is 7.10. The molecule has 1 amide bonds. The Balaban J connectivity index is 1.83. The SMILES string of the molecule is CC(C)CNCC(=O)N1CCc2sccc2[C@@H]1c1ccccc1. The van der Waals surface area contributed by atoms with Crippen LogP contribution in [0.4, 0.5) is 0 Å². The molecule has 1 aromatic heterocycles. The van der Waals surface area contributed by atoms with Crippen LogP contribution in [0.5, 0.6) is 0 Å². The van der Waals surface area contributed by atoms with Crippen molar-refractivity contribution in [1.29, 1.82) is 0 Å². The Morgan fingerprint density at radius 3 is 2.83 bits per heavy atom. The van der Waals surface area contributed by atoms with Crippen LogP contribution in [-0.2, 0) is 11.2 Å². The Labute approximate surface area is 142 Å². The van der Waals surface area contributed by atoms with Gasteiger partial charge in [-0.25, -0.2) is 0 Å². The molecular formula is C19H24N2OS. The molecule has 0 spiro atoms. The number of nitrogens with one attached hydrogen (secondary N) is 1. The summed E-state index contributed by atoms with van der Waals surface area (Å²) in [5.74, 6) is 0.744. The fourth-order valence-corrected chi connectivity index (χ4v) is 4.05. The molecule has 1 aliphatic rings. The zero-order valence-corrected chi connectivity index (χ0v) is 14.6. The third kappa shape index (κ3) is 3.65. The summed E-state index contributed by atoms with van der Waals surface area (Å²) < 4.78 is 0. The van der Waals surface area contributed by atoms with Crippen molar-refractivity contribution in [3.63, 3.8) is 0 Å². The maximum absolute atomic E-state index is 12.8. The first kappa shape index (κ1) is 16.2. The summed E-state index contributed by atoms with van der Waals surface area (Å²) in [6, 6.07) is 12.6. The summed E-state index contributed by atoms with van der Waals surface area (Å²) in [6.45, 7) is 6.40. The Bertz CT molecular complexity index is 650. The molecule has 1 atom stereocenters. The molecule has 1 N–H and O–H groups in total. The molecule has 1 aliphatic heterocycles. The third-order valence-corrected chi connectivity index (χ3v) is 5.23. The molecule has 0 saturated carbocycles. The summed E-state index contributed by atoms with van der Waals surface area (Å²) in [7, 11) is 0. The topological polar surface area (TPSA) is 32.3 Å². The second kappa shape index (κ2) is 7.28. The van der Waals surface area contributed by atoms with Crippen LogP contribution in [0.1, 0.15) is 35.9 Å². The van der Waals surface area contributed by atoms with Crippen LogP contribution < -0.4 is 5.32 Å². The van der Waals surface area contributed by atoms with Gasteiger partial charge in [0.25, 0.3) is 0 Å². The van der Waals surface area contributed by atoms with Crippen LogP contribution in [0.2, 0.25) is 0 Å². The molecule has 1 aromatic carbocycles. The first-order valence-corrected chi connectivity index (χ1v) is 9.16. The largest absolute Gasteiger partial charge is 0.330 e. The smallest absolute Gasteiger partial charge is 0.237 e. The zero-order chi connectivity index (χ0) is 16.2. The number of rotatable bonds is 5. The molecule has 0 saturated heterocycles. The first-order valence-electron chi connectivity index (χ1n) is 8.28. The predicted molar refractivity (Wildman–Crippen MR) is 95.7 cm³/mol. The average Bonchev–Trinajstić information content (AvgIpc) is 3.02. The third-order valence-electron chi connectivity index (χ3n) is 4.23. The molecule has 2 aromatic rings. The molecule has 0 aliphatic carbocycles. The summed E-state index contributed by atoms with van der Waals surface area (Å²) >= 11 is 1.81. The average molecular weight is 328 g/mol. The van der Waals surface area contributed by atoms with E-state index in [1.807, 2.05) is 11.0 Å². The lowest BCUT2D eigenvalue weighted by atomic mass is 9.93. The van der Waals surface area contributed by atoms with E-state index in [2.05, 4.69) is 54.9 Å². The van der Waals surface area contributed by atoms with E-state index in [0.717, 1.165) is 19.5 Å². The second-order valence-corrected chi connectivity index (χ2v) is 7.47. The summed E-state index contributed by atoms with van der Waals surface area (Å²) in [5.41, 5.74) is 2.49. The first-order chi connectivity index (χ1) is 11.2. The minimum absolute atomic E-state index is 0.0551. The number of hydrogen-bond acceptors (Lipinski definition) is 3. The highest BCUT2D eigenvalue weighted by Gasteiger charge is 2.32. The van der Waals surface area contributed by atoms with Gasteiger partial charge in [0.05, 0.1) is 12.6 Å². The molecule has 122 valence electrons. The number of amides is 1. The van der Waals surface area contributed by atoms with Gasteiger partial charge in [-0.1, -0.05) is 44.2 Å². The van der Waals surface area contributed by atoms with E-state index in [9.17, 15) is 4.79 Å². The quantitative estimate of drug-likeness (QED) is 0.911. The van der Waals surface area contributed by atoms with Crippen molar-refractivity contribution in [2.75, 3.05) is 19.6 Å². The van der Waals surface area contributed by atoms with Gasteiger partial charge in [-0.2, -0.15) is 0 Å². The Hall–Kier alpha value is -1.65. The van der Waals surface area contributed by atoms with Crippen molar-refractivity contribution < 1.29 is 4.79 Å². The van der Waals surface area contributed by atoms with Crippen molar-refractivity contribution in [1.82, 2.24) is 10.2 Å². The zero-order valence-electron chi connectivity index (χ0n) is 13.8. The maximum atomic E-state index is 12.8. The van der Waals surface area contributed by atoms with E-state index < -0.39 is 0 Å². The second-order valence-electron chi connectivity index (χ2n) is 6.47. The molecule has 3 nitrogen and oxygen atoms in total. The highest BCUT2D eigenvalue weighted by Crippen LogP contribution is 2.37. The fraction of sp³-hybridized carbons (Fsp3) is 0.421. The number of carbonyl (C=O) groups excluding carboxylic acids is 1. The standard InChI is InChI=1S/C19H24N2OS/c1-14(2)12-20-13-18(22)21-10-8-17-16(9-11-23-17)19(21)15-6-4-3-5-7-15/h3-7,9,11,14,19-20H,8,10,12-13H2,1-2H3/t19-/m0/s1. The molecular weight excluding hydrogens is 304 g/mol. The number of carbonyl (C=O) groups is 1. The van der Waals surface area contributed by atoms with Crippen LogP contribution in [0.15, 0.2) is 41.8 Å². The molecule has 4 heteroatoms. The molecule has 23 heavy (non-hydrogen) atoms. The lowest BCUT2D eigenvalue weighted by Gasteiger charge is -2.36. The molecule has 0 bridgehead atoms. The Kier molecular flexibility index (Phi) is 5.13. The summed E-state index contributed by atoms with van der Waals surface area (Å²) in [4.78, 5) is 16.2. The van der Waals surface area contributed by atoms with Gasteiger partial charge in [0, 0.05) is 11.4 Å². The molecule has 3 rings (SSSR count). The van der Waals surface area contributed by atoms with Crippen molar-refractivity contribution >= 4 is 17.2 Å². The number of thiophene rings is 1. The number of hydrogen-bond donors (Lipinski definition) is 1. The van der Waals surface area contributed by atoms with E-state index in [-0.39, 0.29) is 11.9 Å². The van der Waals surface area contributed by atoms with Crippen LogP contribution in [-0.4, -0.2) is 30.4 Å². The molecule has 0 unspecified atom stereocenters. The van der Waals surface area contributed by atoms with E-state index in [1.54, 1.807) is 11.3 Å². The van der Waals surface area contributed by atoms with Gasteiger partial charge in [-0.3, -0.25) is 4.79 Å². The van der Waals surface area contributed by atoms with Gasteiger partial charge in [0.2, 0.25) is 5.91 Å². The highest BCUT2D eigenvalue weighted by atomic mass is 32.1. The van der Waals surface area contributed by atoms with Gasteiger partial charge in [-0.05, 0) is 41.5 Å². The van der Waals surface area contributed by atoms with Crippen molar-refractivity contribution in [3.8, 4) is 0 Å².